The zero-order valence-electron chi connectivity index (χ0n) is 8.43. The van der Waals surface area contributed by atoms with Crippen LogP contribution < -0.4 is 5.73 Å². The van der Waals surface area contributed by atoms with Crippen LogP contribution in [0.25, 0.3) is 0 Å². The van der Waals surface area contributed by atoms with Gasteiger partial charge in [-0.3, -0.25) is 0 Å². The second kappa shape index (κ2) is 6.60. The molecule has 0 rings (SSSR count). The standard InChI is InChI=1S/C8H21NO2Si/c1-4-5-7-12(10-2,11-3)8-6-9/h4-9H2,1-3H3. The van der Waals surface area contributed by atoms with E-state index in [1.807, 2.05) is 0 Å². The summed E-state index contributed by atoms with van der Waals surface area (Å²) < 4.78 is 10.9. The lowest BCUT2D eigenvalue weighted by Gasteiger charge is -2.26. The van der Waals surface area contributed by atoms with Crippen molar-refractivity contribution in [1.29, 1.82) is 0 Å². The Bertz CT molecular complexity index is 107. The van der Waals surface area contributed by atoms with E-state index in [1.54, 1.807) is 14.2 Å². The van der Waals surface area contributed by atoms with E-state index in [0.29, 0.717) is 6.54 Å². The minimum absolute atomic E-state index is 0.664. The van der Waals surface area contributed by atoms with Crippen LogP contribution in [0, 0.1) is 0 Å². The van der Waals surface area contributed by atoms with Gasteiger partial charge in [0, 0.05) is 20.3 Å². The number of hydrogen-bond acceptors (Lipinski definition) is 3. The second-order valence-electron chi connectivity index (χ2n) is 2.96. The largest absolute Gasteiger partial charge is 0.398 e. The van der Waals surface area contributed by atoms with Gasteiger partial charge in [0.25, 0.3) is 0 Å². The van der Waals surface area contributed by atoms with E-state index in [-0.39, 0.29) is 0 Å². The fourth-order valence-corrected chi connectivity index (χ4v) is 3.85. The van der Waals surface area contributed by atoms with Crippen molar-refractivity contribution in [3.63, 3.8) is 0 Å². The first-order chi connectivity index (χ1) is 5.74. The Morgan fingerprint density at radius 1 is 1.17 bits per heavy atom. The second-order valence-corrected chi connectivity index (χ2v) is 6.60. The maximum Gasteiger partial charge on any atom is 0.338 e. The summed E-state index contributed by atoms with van der Waals surface area (Å²) in [6.07, 6.45) is 2.36. The predicted molar refractivity (Wildman–Crippen MR) is 53.3 cm³/mol. The molecular weight excluding hydrogens is 170 g/mol. The van der Waals surface area contributed by atoms with Crippen molar-refractivity contribution >= 4 is 8.56 Å². The molecule has 0 spiro atoms. The third-order valence-corrected chi connectivity index (χ3v) is 5.83. The van der Waals surface area contributed by atoms with Crippen molar-refractivity contribution in [2.45, 2.75) is 31.9 Å². The average molecular weight is 191 g/mol. The van der Waals surface area contributed by atoms with Gasteiger partial charge >= 0.3 is 8.56 Å². The Labute approximate surface area is 76.5 Å². The molecule has 0 saturated carbocycles. The maximum atomic E-state index is 5.51. The van der Waals surface area contributed by atoms with Crippen molar-refractivity contribution < 1.29 is 8.85 Å². The van der Waals surface area contributed by atoms with Crippen molar-refractivity contribution in [1.82, 2.24) is 0 Å². The van der Waals surface area contributed by atoms with Gasteiger partial charge in [-0.05, 0) is 12.6 Å². The highest BCUT2D eigenvalue weighted by Gasteiger charge is 2.33. The van der Waals surface area contributed by atoms with Gasteiger partial charge in [-0.2, -0.15) is 0 Å². The summed E-state index contributed by atoms with van der Waals surface area (Å²) in [7, 11) is 1.58. The minimum Gasteiger partial charge on any atom is -0.398 e. The molecule has 0 radical (unpaired) electrons. The summed E-state index contributed by atoms with van der Waals surface area (Å²) in [5.41, 5.74) is 5.51. The fraction of sp³-hybridized carbons (Fsp3) is 1.00. The monoisotopic (exact) mass is 191 g/mol. The zero-order valence-corrected chi connectivity index (χ0v) is 9.43. The van der Waals surface area contributed by atoms with Crippen LogP contribution in [0.3, 0.4) is 0 Å². The Morgan fingerprint density at radius 2 is 1.75 bits per heavy atom. The first kappa shape index (κ1) is 12.1. The van der Waals surface area contributed by atoms with Crippen LogP contribution in [-0.4, -0.2) is 29.3 Å². The van der Waals surface area contributed by atoms with E-state index in [2.05, 4.69) is 6.92 Å². The highest BCUT2D eigenvalue weighted by molar-refractivity contribution is 6.67. The quantitative estimate of drug-likeness (QED) is 0.620. The Balaban J connectivity index is 3.95. The van der Waals surface area contributed by atoms with Crippen LogP contribution >= 0.6 is 0 Å². The van der Waals surface area contributed by atoms with Crippen molar-refractivity contribution in [2.75, 3.05) is 20.8 Å². The molecule has 0 aliphatic heterocycles. The van der Waals surface area contributed by atoms with E-state index in [9.17, 15) is 0 Å². The van der Waals surface area contributed by atoms with Gasteiger partial charge in [0.2, 0.25) is 0 Å². The third kappa shape index (κ3) is 3.67. The molecule has 0 unspecified atom stereocenters. The topological polar surface area (TPSA) is 44.5 Å². The molecule has 0 aromatic rings. The highest BCUT2D eigenvalue weighted by Crippen LogP contribution is 2.19. The molecule has 74 valence electrons. The van der Waals surface area contributed by atoms with E-state index < -0.39 is 8.56 Å². The molecule has 12 heavy (non-hydrogen) atoms. The van der Waals surface area contributed by atoms with Crippen LogP contribution in [0.15, 0.2) is 0 Å². The smallest absolute Gasteiger partial charge is 0.338 e. The summed E-state index contributed by atoms with van der Waals surface area (Å²) in [4.78, 5) is 0. The lowest BCUT2D eigenvalue weighted by Crippen LogP contribution is -2.41. The van der Waals surface area contributed by atoms with Gasteiger partial charge in [-0.1, -0.05) is 19.8 Å². The van der Waals surface area contributed by atoms with Gasteiger partial charge in [0.05, 0.1) is 0 Å². The number of unbranched alkanes of at least 4 members (excludes halogenated alkanes) is 1. The molecule has 0 amide bonds. The van der Waals surface area contributed by atoms with Gasteiger partial charge in [-0.15, -0.1) is 0 Å². The normalized spacial score (nSPS) is 12.0. The molecule has 0 aromatic heterocycles. The van der Waals surface area contributed by atoms with E-state index in [0.717, 1.165) is 12.1 Å². The SMILES string of the molecule is CCCC[Si](CCN)(OC)OC. The van der Waals surface area contributed by atoms with Crippen LogP contribution in [0.1, 0.15) is 19.8 Å². The summed E-state index contributed by atoms with van der Waals surface area (Å²) in [6, 6.07) is 1.97. The van der Waals surface area contributed by atoms with Crippen LogP contribution in [-0.2, 0) is 8.85 Å². The molecule has 0 aliphatic rings. The molecule has 0 bridgehead atoms. The first-order valence-electron chi connectivity index (χ1n) is 4.55. The van der Waals surface area contributed by atoms with Crippen LogP contribution in [0.5, 0.6) is 0 Å². The molecule has 4 heteroatoms. The van der Waals surface area contributed by atoms with Crippen LogP contribution in [0.2, 0.25) is 12.1 Å². The maximum absolute atomic E-state index is 5.51. The minimum atomic E-state index is -1.89. The van der Waals surface area contributed by atoms with Crippen LogP contribution in [0.4, 0.5) is 0 Å². The van der Waals surface area contributed by atoms with Gasteiger partial charge in [0.15, 0.2) is 0 Å². The lowest BCUT2D eigenvalue weighted by molar-refractivity contribution is 0.241. The molecule has 0 aliphatic carbocycles. The molecule has 3 nitrogen and oxygen atoms in total. The number of hydrogen-bond donors (Lipinski definition) is 1. The lowest BCUT2D eigenvalue weighted by atomic mass is 10.4. The summed E-state index contributed by atoms with van der Waals surface area (Å²) >= 11 is 0. The molecule has 0 saturated heterocycles. The molecule has 0 aromatic carbocycles. The molecule has 0 heterocycles. The molecular formula is C8H21NO2Si. The van der Waals surface area contributed by atoms with E-state index >= 15 is 0 Å². The summed E-state index contributed by atoms with van der Waals surface area (Å²) in [5, 5.41) is 0. The van der Waals surface area contributed by atoms with E-state index in [4.69, 9.17) is 14.6 Å². The van der Waals surface area contributed by atoms with E-state index in [1.165, 1.54) is 12.8 Å². The van der Waals surface area contributed by atoms with Gasteiger partial charge in [-0.25, -0.2) is 0 Å². The number of nitrogens with two attached hydrogens (primary N) is 1. The average Bonchev–Trinajstić information content (AvgIpc) is 2.13. The fourth-order valence-electron chi connectivity index (χ4n) is 1.28. The molecule has 2 N–H and O–H groups in total. The van der Waals surface area contributed by atoms with Crippen molar-refractivity contribution in [2.24, 2.45) is 5.73 Å². The summed E-state index contributed by atoms with van der Waals surface area (Å²) in [6.45, 7) is 2.84. The Morgan fingerprint density at radius 3 is 2.08 bits per heavy atom. The Kier molecular flexibility index (Phi) is 6.65. The Hall–Kier alpha value is 0.0969. The molecule has 0 atom stereocenters. The van der Waals surface area contributed by atoms with Crippen molar-refractivity contribution in [3.05, 3.63) is 0 Å². The van der Waals surface area contributed by atoms with Gasteiger partial charge in [0.1, 0.15) is 0 Å². The van der Waals surface area contributed by atoms with Crippen molar-refractivity contribution in [3.8, 4) is 0 Å². The zero-order chi connectivity index (χ0) is 9.45. The number of rotatable bonds is 7. The highest BCUT2D eigenvalue weighted by atomic mass is 28.4. The molecule has 0 fully saturated rings. The summed E-state index contributed by atoms with van der Waals surface area (Å²) in [5.74, 6) is 0. The first-order valence-corrected chi connectivity index (χ1v) is 6.78. The van der Waals surface area contributed by atoms with Gasteiger partial charge < -0.3 is 14.6 Å². The predicted octanol–water partition coefficient (Wildman–Crippen LogP) is 1.48. The third-order valence-electron chi connectivity index (χ3n) is 2.18.